The molecule has 2 heterocycles. The maximum atomic E-state index is 5.52. The van der Waals surface area contributed by atoms with Gasteiger partial charge in [-0.25, -0.2) is 4.98 Å². The summed E-state index contributed by atoms with van der Waals surface area (Å²) in [5, 5.41) is 3.12. The van der Waals surface area contributed by atoms with Crippen molar-refractivity contribution in [2.75, 3.05) is 25.1 Å². The number of likely N-dealkylation sites (N-methyl/N-ethyl adjacent to an activating group) is 1. The highest BCUT2D eigenvalue weighted by Gasteiger charge is 2.16. The molecule has 0 saturated carbocycles. The number of nitrogens with zero attached hydrogens (tertiary/aromatic N) is 1. The quantitative estimate of drug-likeness (QED) is 0.855. The van der Waals surface area contributed by atoms with Crippen LogP contribution in [0.2, 0.25) is 0 Å². The topological polar surface area (TPSA) is 38.1 Å². The molecule has 0 aliphatic carbocycles. The highest BCUT2D eigenvalue weighted by atomic mass is 32.2. The third kappa shape index (κ3) is 3.52. The number of aromatic nitrogens is 1. The van der Waals surface area contributed by atoms with Crippen LogP contribution in [0.15, 0.2) is 10.7 Å². The fraction of sp³-hybridized carbons (Fsp3) is 0.750. The summed E-state index contributed by atoms with van der Waals surface area (Å²) in [4.78, 5) is 4.53. The van der Waals surface area contributed by atoms with E-state index in [2.05, 4.69) is 22.1 Å². The van der Waals surface area contributed by atoms with E-state index >= 15 is 0 Å². The summed E-state index contributed by atoms with van der Waals surface area (Å²) >= 11 is 2.07. The zero-order valence-corrected chi connectivity index (χ0v) is 10.7. The molecule has 0 spiro atoms. The fourth-order valence-corrected chi connectivity index (χ4v) is 3.21. The van der Waals surface area contributed by atoms with E-state index in [4.69, 9.17) is 4.42 Å². The van der Waals surface area contributed by atoms with E-state index in [1.165, 1.54) is 24.3 Å². The molecule has 1 saturated heterocycles. The Balaban J connectivity index is 1.81. The Kier molecular flexibility index (Phi) is 4.72. The average Bonchev–Trinajstić information content (AvgIpc) is 2.75. The molecule has 16 heavy (non-hydrogen) atoms. The lowest BCUT2D eigenvalue weighted by molar-refractivity contribution is 0.408. The Labute approximate surface area is 101 Å². The molecule has 0 radical (unpaired) electrons. The first-order valence-corrected chi connectivity index (χ1v) is 7.19. The summed E-state index contributed by atoms with van der Waals surface area (Å²) < 4.78 is 5.52. The van der Waals surface area contributed by atoms with Crippen LogP contribution in [0.4, 0.5) is 0 Å². The molecule has 1 aliphatic rings. The number of hydrogen-bond donors (Lipinski definition) is 1. The van der Waals surface area contributed by atoms with Crippen molar-refractivity contribution in [3.63, 3.8) is 0 Å². The van der Waals surface area contributed by atoms with Crippen LogP contribution in [0.3, 0.4) is 0 Å². The van der Waals surface area contributed by atoms with Crippen molar-refractivity contribution in [3.8, 4) is 0 Å². The van der Waals surface area contributed by atoms with Gasteiger partial charge in [0.25, 0.3) is 0 Å². The van der Waals surface area contributed by atoms with Crippen LogP contribution in [0.5, 0.6) is 0 Å². The molecule has 0 aromatic carbocycles. The minimum absolute atomic E-state index is 0.789. The molecule has 2 rings (SSSR count). The first-order chi connectivity index (χ1) is 7.88. The number of rotatable bonds is 5. The van der Waals surface area contributed by atoms with Gasteiger partial charge in [0.15, 0.2) is 5.89 Å². The van der Waals surface area contributed by atoms with E-state index in [1.807, 2.05) is 13.3 Å². The number of hydrogen-bond acceptors (Lipinski definition) is 4. The van der Waals surface area contributed by atoms with Crippen molar-refractivity contribution in [2.45, 2.75) is 25.7 Å². The molecule has 1 aliphatic heterocycles. The van der Waals surface area contributed by atoms with Crippen LogP contribution in [-0.4, -0.2) is 30.1 Å². The third-order valence-electron chi connectivity index (χ3n) is 3.03. The Morgan fingerprint density at radius 1 is 1.50 bits per heavy atom. The van der Waals surface area contributed by atoms with Crippen molar-refractivity contribution in [3.05, 3.63) is 17.8 Å². The summed E-state index contributed by atoms with van der Waals surface area (Å²) in [5.74, 6) is 4.33. The molecule has 1 N–H and O–H groups in total. The molecule has 3 nitrogen and oxygen atoms in total. The van der Waals surface area contributed by atoms with Gasteiger partial charge < -0.3 is 9.73 Å². The van der Waals surface area contributed by atoms with E-state index in [0.717, 1.165) is 36.9 Å². The normalized spacial score (nSPS) is 17.8. The molecule has 1 aromatic heterocycles. The highest BCUT2D eigenvalue weighted by molar-refractivity contribution is 7.99. The van der Waals surface area contributed by atoms with Gasteiger partial charge in [-0.2, -0.15) is 11.8 Å². The third-order valence-corrected chi connectivity index (χ3v) is 4.08. The zero-order valence-electron chi connectivity index (χ0n) is 9.87. The molecule has 0 bridgehead atoms. The van der Waals surface area contributed by atoms with Gasteiger partial charge >= 0.3 is 0 Å². The molecule has 0 unspecified atom stereocenters. The number of oxazole rings is 1. The molecular formula is C12H20N2OS. The second-order valence-corrected chi connectivity index (χ2v) is 5.57. The largest absolute Gasteiger partial charge is 0.449 e. The van der Waals surface area contributed by atoms with Crippen LogP contribution >= 0.6 is 11.8 Å². The predicted molar refractivity (Wildman–Crippen MR) is 67.9 cm³/mol. The second kappa shape index (κ2) is 6.30. The molecule has 4 heteroatoms. The van der Waals surface area contributed by atoms with Crippen LogP contribution < -0.4 is 5.32 Å². The van der Waals surface area contributed by atoms with Gasteiger partial charge in [0.1, 0.15) is 6.26 Å². The van der Waals surface area contributed by atoms with Crippen LogP contribution in [-0.2, 0) is 12.8 Å². The minimum atomic E-state index is 0.789. The Hall–Kier alpha value is -0.480. The molecule has 0 atom stereocenters. The van der Waals surface area contributed by atoms with Gasteiger partial charge in [0, 0.05) is 19.4 Å². The predicted octanol–water partition coefficient (Wildman–Crippen LogP) is 2.12. The minimum Gasteiger partial charge on any atom is -0.449 e. The SMILES string of the molecule is CNCCc1coc(CC2CCSCC2)n1. The first-order valence-electron chi connectivity index (χ1n) is 6.04. The zero-order chi connectivity index (χ0) is 11.2. The van der Waals surface area contributed by atoms with E-state index in [1.54, 1.807) is 0 Å². The lowest BCUT2D eigenvalue weighted by Gasteiger charge is -2.19. The van der Waals surface area contributed by atoms with Gasteiger partial charge in [0.2, 0.25) is 0 Å². The summed E-state index contributed by atoms with van der Waals surface area (Å²) in [6.45, 7) is 0.964. The standard InChI is InChI=1S/C12H20N2OS/c1-13-5-2-11-9-15-12(14-11)8-10-3-6-16-7-4-10/h9-10,13H,2-8H2,1H3. The molecule has 0 amide bonds. The van der Waals surface area contributed by atoms with Gasteiger partial charge in [-0.05, 0) is 37.3 Å². The monoisotopic (exact) mass is 240 g/mol. The highest BCUT2D eigenvalue weighted by Crippen LogP contribution is 2.25. The van der Waals surface area contributed by atoms with Gasteiger partial charge in [0.05, 0.1) is 5.69 Å². The maximum absolute atomic E-state index is 5.52. The van der Waals surface area contributed by atoms with Crippen LogP contribution in [0.25, 0.3) is 0 Å². The summed E-state index contributed by atoms with van der Waals surface area (Å²) in [6.07, 6.45) is 6.43. The van der Waals surface area contributed by atoms with Gasteiger partial charge in [-0.3, -0.25) is 0 Å². The van der Waals surface area contributed by atoms with E-state index < -0.39 is 0 Å². The lowest BCUT2D eigenvalue weighted by Crippen LogP contribution is -2.13. The Morgan fingerprint density at radius 2 is 2.31 bits per heavy atom. The smallest absolute Gasteiger partial charge is 0.194 e. The Bertz CT molecular complexity index is 308. The number of nitrogens with one attached hydrogen (secondary N) is 1. The van der Waals surface area contributed by atoms with E-state index in [-0.39, 0.29) is 0 Å². The van der Waals surface area contributed by atoms with Crippen molar-refractivity contribution < 1.29 is 4.42 Å². The van der Waals surface area contributed by atoms with Crippen LogP contribution in [0, 0.1) is 5.92 Å². The average molecular weight is 240 g/mol. The lowest BCUT2D eigenvalue weighted by atomic mass is 9.99. The molecule has 1 aromatic rings. The molecule has 1 fully saturated rings. The van der Waals surface area contributed by atoms with Crippen LogP contribution in [0.1, 0.15) is 24.4 Å². The maximum Gasteiger partial charge on any atom is 0.194 e. The van der Waals surface area contributed by atoms with Crippen molar-refractivity contribution in [2.24, 2.45) is 5.92 Å². The Morgan fingerprint density at radius 3 is 3.06 bits per heavy atom. The second-order valence-electron chi connectivity index (χ2n) is 4.35. The van der Waals surface area contributed by atoms with Crippen molar-refractivity contribution >= 4 is 11.8 Å². The fourth-order valence-electron chi connectivity index (χ4n) is 2.01. The van der Waals surface area contributed by atoms with E-state index in [0.29, 0.717) is 0 Å². The first kappa shape index (κ1) is 12.0. The van der Waals surface area contributed by atoms with Gasteiger partial charge in [-0.1, -0.05) is 0 Å². The summed E-state index contributed by atoms with van der Waals surface area (Å²) in [5.41, 5.74) is 1.08. The summed E-state index contributed by atoms with van der Waals surface area (Å²) in [7, 11) is 1.96. The van der Waals surface area contributed by atoms with E-state index in [9.17, 15) is 0 Å². The van der Waals surface area contributed by atoms with Crippen molar-refractivity contribution in [1.82, 2.24) is 10.3 Å². The number of thioether (sulfide) groups is 1. The summed E-state index contributed by atoms with van der Waals surface area (Å²) in [6, 6.07) is 0. The molecular weight excluding hydrogens is 220 g/mol. The van der Waals surface area contributed by atoms with Crippen molar-refractivity contribution in [1.29, 1.82) is 0 Å². The molecule has 90 valence electrons. The van der Waals surface area contributed by atoms with Gasteiger partial charge in [-0.15, -0.1) is 0 Å².